The monoisotopic (exact) mass is 460 g/mol. The van der Waals surface area contributed by atoms with Crippen molar-refractivity contribution in [3.8, 4) is 28.4 Å². The van der Waals surface area contributed by atoms with Crippen molar-refractivity contribution in [1.29, 1.82) is 0 Å². The van der Waals surface area contributed by atoms with E-state index in [1.807, 2.05) is 62.4 Å². The molecule has 0 saturated carbocycles. The number of carbonyl (C=O) groups is 2. The van der Waals surface area contributed by atoms with E-state index in [2.05, 4.69) is 10.9 Å². The number of ether oxygens (including phenoxy) is 3. The molecule has 2 N–H and O–H groups in total. The highest BCUT2D eigenvalue weighted by atomic mass is 16.5. The fraction of sp³-hybridized carbons (Fsp3) is 0.185. The Bertz CT molecular complexity index is 1140. The molecule has 0 aromatic heterocycles. The van der Waals surface area contributed by atoms with Gasteiger partial charge in [0.2, 0.25) is 0 Å². The van der Waals surface area contributed by atoms with Gasteiger partial charge in [-0.2, -0.15) is 0 Å². The number of benzene rings is 3. The summed E-state index contributed by atoms with van der Waals surface area (Å²) in [6.07, 6.45) is 2.93. The lowest BCUT2D eigenvalue weighted by atomic mass is 10.1. The van der Waals surface area contributed by atoms with Gasteiger partial charge in [0.1, 0.15) is 5.75 Å². The summed E-state index contributed by atoms with van der Waals surface area (Å²) in [6, 6.07) is 22.5. The van der Waals surface area contributed by atoms with E-state index < -0.39 is 11.8 Å². The van der Waals surface area contributed by atoms with Crippen LogP contribution in [-0.4, -0.2) is 31.6 Å². The number of amides is 2. The summed E-state index contributed by atoms with van der Waals surface area (Å²) in [5.74, 6) is 0.799. The maximum atomic E-state index is 12.1. The molecule has 0 aliphatic carbocycles. The minimum atomic E-state index is -0.487. The zero-order valence-corrected chi connectivity index (χ0v) is 19.4. The Morgan fingerprint density at radius 2 is 1.62 bits per heavy atom. The van der Waals surface area contributed by atoms with Crippen LogP contribution in [0.2, 0.25) is 0 Å². The molecular formula is C27H28N2O5. The summed E-state index contributed by atoms with van der Waals surface area (Å²) in [5.41, 5.74) is 7.29. The third-order valence-corrected chi connectivity index (χ3v) is 4.63. The van der Waals surface area contributed by atoms with Gasteiger partial charge in [-0.25, -0.2) is 0 Å². The Kier molecular flexibility index (Phi) is 8.68. The van der Waals surface area contributed by atoms with Gasteiger partial charge in [-0.05, 0) is 49.2 Å². The number of nitrogens with one attached hydrogen (secondary N) is 2. The summed E-state index contributed by atoms with van der Waals surface area (Å²) < 4.78 is 16.7. The third kappa shape index (κ3) is 7.13. The summed E-state index contributed by atoms with van der Waals surface area (Å²) >= 11 is 0. The lowest BCUT2D eigenvalue weighted by Crippen LogP contribution is -2.43. The van der Waals surface area contributed by atoms with Crippen LogP contribution in [0.5, 0.6) is 17.2 Å². The van der Waals surface area contributed by atoms with Gasteiger partial charge < -0.3 is 14.2 Å². The first-order valence-corrected chi connectivity index (χ1v) is 10.8. The van der Waals surface area contributed by atoms with E-state index in [9.17, 15) is 9.59 Å². The molecule has 34 heavy (non-hydrogen) atoms. The topological polar surface area (TPSA) is 85.9 Å². The number of hydrogen-bond donors (Lipinski definition) is 2. The van der Waals surface area contributed by atoms with Gasteiger partial charge in [0.15, 0.2) is 18.1 Å². The molecule has 0 heterocycles. The molecule has 0 aliphatic heterocycles. The average molecular weight is 461 g/mol. The van der Waals surface area contributed by atoms with E-state index in [-0.39, 0.29) is 12.7 Å². The van der Waals surface area contributed by atoms with Crippen molar-refractivity contribution in [3.05, 3.63) is 84.4 Å². The van der Waals surface area contributed by atoms with E-state index >= 15 is 0 Å². The molecule has 176 valence electrons. The van der Waals surface area contributed by atoms with E-state index in [0.29, 0.717) is 17.2 Å². The first-order chi connectivity index (χ1) is 16.5. The maximum absolute atomic E-state index is 12.1. The number of carbonyl (C=O) groups excluding carboxylic acids is 2. The number of hydrazine groups is 1. The van der Waals surface area contributed by atoms with Gasteiger partial charge in [0, 0.05) is 11.6 Å². The van der Waals surface area contributed by atoms with Crippen LogP contribution in [0.4, 0.5) is 0 Å². The van der Waals surface area contributed by atoms with Crippen LogP contribution >= 0.6 is 0 Å². The van der Waals surface area contributed by atoms with Gasteiger partial charge >= 0.3 is 0 Å². The molecule has 3 rings (SSSR count). The molecule has 0 bridgehead atoms. The molecule has 2 amide bonds. The van der Waals surface area contributed by atoms with Crippen molar-refractivity contribution in [3.63, 3.8) is 0 Å². The molecule has 7 heteroatoms. The Morgan fingerprint density at radius 1 is 0.882 bits per heavy atom. The van der Waals surface area contributed by atoms with Crippen molar-refractivity contribution < 1.29 is 23.8 Å². The fourth-order valence-electron chi connectivity index (χ4n) is 3.11. The van der Waals surface area contributed by atoms with Crippen LogP contribution < -0.4 is 25.1 Å². The first kappa shape index (κ1) is 24.4. The lowest BCUT2D eigenvalue weighted by molar-refractivity contribution is -0.128. The maximum Gasteiger partial charge on any atom is 0.276 e. The zero-order valence-electron chi connectivity index (χ0n) is 19.4. The highest BCUT2D eigenvalue weighted by Gasteiger charge is 2.09. The van der Waals surface area contributed by atoms with Crippen LogP contribution in [0.15, 0.2) is 78.9 Å². The molecule has 0 saturated heterocycles. The number of para-hydroxylation sites is 1. The van der Waals surface area contributed by atoms with Crippen molar-refractivity contribution in [2.24, 2.45) is 0 Å². The van der Waals surface area contributed by atoms with Crippen LogP contribution in [-0.2, 0) is 9.59 Å². The molecule has 0 atom stereocenters. The highest BCUT2D eigenvalue weighted by molar-refractivity contribution is 5.93. The van der Waals surface area contributed by atoms with E-state index in [1.54, 1.807) is 37.5 Å². The van der Waals surface area contributed by atoms with E-state index in [4.69, 9.17) is 14.2 Å². The SMILES string of the molecule is COc1cc(/C=C/C(=O)NNC(=O)COc2ccccc2-c2ccccc2)ccc1OC(C)C. The summed E-state index contributed by atoms with van der Waals surface area (Å²) in [5, 5.41) is 0. The fourth-order valence-corrected chi connectivity index (χ4v) is 3.11. The Labute approximate surface area is 199 Å². The van der Waals surface area contributed by atoms with Crippen molar-refractivity contribution in [2.45, 2.75) is 20.0 Å². The Hall–Kier alpha value is -4.26. The molecule has 7 nitrogen and oxygen atoms in total. The molecule has 0 radical (unpaired) electrons. The number of hydrogen-bond acceptors (Lipinski definition) is 5. The van der Waals surface area contributed by atoms with Gasteiger partial charge in [0.05, 0.1) is 13.2 Å². The average Bonchev–Trinajstić information content (AvgIpc) is 2.86. The smallest absolute Gasteiger partial charge is 0.276 e. The predicted molar refractivity (Wildman–Crippen MR) is 131 cm³/mol. The van der Waals surface area contributed by atoms with Gasteiger partial charge in [0.25, 0.3) is 11.8 Å². The van der Waals surface area contributed by atoms with Crippen molar-refractivity contribution >= 4 is 17.9 Å². The summed E-state index contributed by atoms with van der Waals surface area (Å²) in [6.45, 7) is 3.61. The lowest BCUT2D eigenvalue weighted by Gasteiger charge is -2.13. The summed E-state index contributed by atoms with van der Waals surface area (Å²) in [7, 11) is 1.55. The van der Waals surface area contributed by atoms with Crippen molar-refractivity contribution in [1.82, 2.24) is 10.9 Å². The molecule has 0 aliphatic rings. The van der Waals surface area contributed by atoms with Gasteiger partial charge in [-0.15, -0.1) is 0 Å². The van der Waals surface area contributed by atoms with Crippen LogP contribution in [0.25, 0.3) is 17.2 Å². The standard InChI is InChI=1S/C27H28N2O5/c1-19(2)34-24-15-13-20(17-25(24)32-3)14-16-26(30)28-29-27(31)18-33-23-12-8-7-11-22(23)21-9-5-4-6-10-21/h4-17,19H,18H2,1-3H3,(H,28,30)(H,29,31)/b16-14+. The third-order valence-electron chi connectivity index (χ3n) is 4.63. The molecule has 0 fully saturated rings. The number of methoxy groups -OCH3 is 1. The minimum Gasteiger partial charge on any atom is -0.493 e. The van der Waals surface area contributed by atoms with Crippen molar-refractivity contribution in [2.75, 3.05) is 13.7 Å². The Morgan fingerprint density at radius 3 is 2.35 bits per heavy atom. The second kappa shape index (κ2) is 12.1. The molecule has 0 unspecified atom stereocenters. The predicted octanol–water partition coefficient (Wildman–Crippen LogP) is 4.39. The second-order valence-corrected chi connectivity index (χ2v) is 7.60. The van der Waals surface area contributed by atoms with Crippen LogP contribution in [0.1, 0.15) is 19.4 Å². The normalized spacial score (nSPS) is 10.7. The Balaban J connectivity index is 1.50. The molecule has 3 aromatic carbocycles. The van der Waals surface area contributed by atoms with Crippen LogP contribution in [0, 0.1) is 0 Å². The molecule has 0 spiro atoms. The quantitative estimate of drug-likeness (QED) is 0.365. The zero-order chi connectivity index (χ0) is 24.3. The minimum absolute atomic E-state index is 0.0143. The van der Waals surface area contributed by atoms with E-state index in [1.165, 1.54) is 6.08 Å². The number of rotatable bonds is 9. The first-order valence-electron chi connectivity index (χ1n) is 10.8. The molecular weight excluding hydrogens is 432 g/mol. The second-order valence-electron chi connectivity index (χ2n) is 7.60. The highest BCUT2D eigenvalue weighted by Crippen LogP contribution is 2.30. The summed E-state index contributed by atoms with van der Waals surface area (Å²) in [4.78, 5) is 24.2. The van der Waals surface area contributed by atoms with E-state index in [0.717, 1.165) is 16.7 Å². The van der Waals surface area contributed by atoms with Gasteiger partial charge in [-0.1, -0.05) is 54.6 Å². The largest absolute Gasteiger partial charge is 0.493 e. The van der Waals surface area contributed by atoms with Crippen LogP contribution in [0.3, 0.4) is 0 Å². The molecule has 3 aromatic rings. The van der Waals surface area contributed by atoms with Gasteiger partial charge in [-0.3, -0.25) is 20.4 Å².